The van der Waals surface area contributed by atoms with Crippen LogP contribution in [0.1, 0.15) is 71.3 Å². The molecule has 2 rings (SSSR count). The van der Waals surface area contributed by atoms with Crippen molar-refractivity contribution in [1.82, 2.24) is 10.2 Å². The number of carbonyl (C=O) groups is 3. The number of likely N-dealkylation sites (tertiary alicyclic amines) is 1. The molecule has 1 aliphatic heterocycles. The van der Waals surface area contributed by atoms with Gasteiger partial charge in [-0.25, -0.2) is 0 Å². The van der Waals surface area contributed by atoms with Crippen LogP contribution in [0.25, 0.3) is 0 Å². The molecule has 0 aliphatic carbocycles. The Kier molecular flexibility index (Phi) is 8.92. The van der Waals surface area contributed by atoms with E-state index in [-0.39, 0.29) is 36.0 Å². The molecule has 2 amide bonds. The number of nitrogens with one attached hydrogen (secondary N) is 1. The van der Waals surface area contributed by atoms with Gasteiger partial charge in [0.05, 0.1) is 0 Å². The van der Waals surface area contributed by atoms with Crippen LogP contribution in [0.2, 0.25) is 5.02 Å². The average Bonchev–Trinajstić information content (AvgIpc) is 2.68. The van der Waals surface area contributed by atoms with Crippen molar-refractivity contribution in [3.8, 4) is 0 Å². The number of unbranched alkanes of at least 4 members (excludes halogenated alkanes) is 1. The first-order valence-corrected chi connectivity index (χ1v) is 11.4. The fourth-order valence-corrected chi connectivity index (χ4v) is 4.50. The van der Waals surface area contributed by atoms with Crippen LogP contribution in [-0.4, -0.2) is 46.9 Å². The zero-order valence-corrected chi connectivity index (χ0v) is 19.7. The van der Waals surface area contributed by atoms with Crippen molar-refractivity contribution in [3.63, 3.8) is 0 Å². The number of carbonyl (C=O) groups excluding carboxylic acids is 2. The maximum absolute atomic E-state index is 13.3. The van der Waals surface area contributed by atoms with Crippen molar-refractivity contribution in [3.05, 3.63) is 34.9 Å². The van der Waals surface area contributed by atoms with E-state index in [1.807, 2.05) is 30.9 Å². The Morgan fingerprint density at radius 3 is 2.32 bits per heavy atom. The van der Waals surface area contributed by atoms with Crippen molar-refractivity contribution in [2.45, 2.75) is 71.8 Å². The van der Waals surface area contributed by atoms with Crippen LogP contribution < -0.4 is 5.32 Å². The summed E-state index contributed by atoms with van der Waals surface area (Å²) in [6.07, 6.45) is 2.09. The number of carboxylic acids is 1. The van der Waals surface area contributed by atoms with Crippen LogP contribution in [0.3, 0.4) is 0 Å². The molecule has 1 aromatic rings. The molecule has 172 valence electrons. The highest BCUT2D eigenvalue weighted by molar-refractivity contribution is 6.30. The van der Waals surface area contributed by atoms with E-state index in [0.29, 0.717) is 36.9 Å². The first-order chi connectivity index (χ1) is 14.5. The summed E-state index contributed by atoms with van der Waals surface area (Å²) in [5.74, 6) is -0.813. The highest BCUT2D eigenvalue weighted by atomic mass is 35.5. The summed E-state index contributed by atoms with van der Waals surface area (Å²) in [5, 5.41) is 12.3. The Hall–Kier alpha value is -2.08. The minimum atomic E-state index is -0.861. The molecule has 2 atom stereocenters. The van der Waals surface area contributed by atoms with E-state index in [4.69, 9.17) is 16.7 Å². The summed E-state index contributed by atoms with van der Waals surface area (Å²) in [7, 11) is 0. The van der Waals surface area contributed by atoms with Gasteiger partial charge in [0.1, 0.15) is 6.04 Å². The number of rotatable bonds is 9. The summed E-state index contributed by atoms with van der Waals surface area (Å²) >= 11 is 6.03. The molecule has 0 saturated carbocycles. The maximum atomic E-state index is 13.3. The van der Waals surface area contributed by atoms with Crippen LogP contribution in [0.15, 0.2) is 24.3 Å². The predicted molar refractivity (Wildman–Crippen MR) is 122 cm³/mol. The zero-order valence-electron chi connectivity index (χ0n) is 19.0. The topological polar surface area (TPSA) is 86.7 Å². The van der Waals surface area contributed by atoms with Gasteiger partial charge < -0.3 is 15.3 Å². The third-order valence-electron chi connectivity index (χ3n) is 6.11. The highest BCUT2D eigenvalue weighted by Crippen LogP contribution is 2.42. The molecule has 31 heavy (non-hydrogen) atoms. The minimum Gasteiger partial charge on any atom is -0.481 e. The Morgan fingerprint density at radius 1 is 1.16 bits per heavy atom. The number of aliphatic carboxylic acids is 1. The average molecular weight is 451 g/mol. The largest absolute Gasteiger partial charge is 0.481 e. The van der Waals surface area contributed by atoms with Crippen LogP contribution in [0, 0.1) is 11.3 Å². The Morgan fingerprint density at radius 2 is 1.77 bits per heavy atom. The van der Waals surface area contributed by atoms with Crippen molar-refractivity contribution in [2.75, 3.05) is 13.1 Å². The van der Waals surface area contributed by atoms with Crippen LogP contribution in [0.5, 0.6) is 0 Å². The molecule has 6 nitrogen and oxygen atoms in total. The molecule has 0 aromatic heterocycles. The van der Waals surface area contributed by atoms with Gasteiger partial charge in [0.25, 0.3) is 0 Å². The monoisotopic (exact) mass is 450 g/mol. The fourth-order valence-electron chi connectivity index (χ4n) is 4.38. The second-order valence-electron chi connectivity index (χ2n) is 9.53. The molecule has 0 radical (unpaired) electrons. The summed E-state index contributed by atoms with van der Waals surface area (Å²) in [4.78, 5) is 38.1. The molecular weight excluding hydrogens is 416 g/mol. The zero-order chi connectivity index (χ0) is 23.2. The number of benzene rings is 1. The molecule has 0 spiro atoms. The number of piperidine rings is 1. The van der Waals surface area contributed by atoms with E-state index in [2.05, 4.69) is 31.3 Å². The maximum Gasteiger partial charge on any atom is 0.303 e. The lowest BCUT2D eigenvalue weighted by Crippen LogP contribution is -2.55. The third-order valence-corrected chi connectivity index (χ3v) is 6.36. The fraction of sp³-hybridized carbons (Fsp3) is 0.625. The summed E-state index contributed by atoms with van der Waals surface area (Å²) < 4.78 is 0. The minimum absolute atomic E-state index is 0.0347. The first kappa shape index (κ1) is 25.2. The molecule has 1 fully saturated rings. The lowest BCUT2D eigenvalue weighted by atomic mass is 9.70. The van der Waals surface area contributed by atoms with E-state index in [9.17, 15) is 14.4 Å². The number of halogens is 1. The summed E-state index contributed by atoms with van der Waals surface area (Å²) in [6, 6.07) is 7.37. The lowest BCUT2D eigenvalue weighted by Gasteiger charge is -2.45. The van der Waals surface area contributed by atoms with Gasteiger partial charge in [-0.05, 0) is 54.2 Å². The van der Waals surface area contributed by atoms with E-state index < -0.39 is 12.0 Å². The van der Waals surface area contributed by atoms with E-state index >= 15 is 0 Å². The standard InChI is InChI=1S/C24H35ClN2O4/c1-16(2)22(26-20(28)7-5-6-8-21(29)30)23(31)27-14-13-19(24(3,4)15-27)17-9-11-18(25)12-10-17/h9-12,16,19,22H,5-8,13-15H2,1-4H3,(H,26,28)(H,29,30)/t19?,22-/m1/s1. The second-order valence-corrected chi connectivity index (χ2v) is 9.97. The van der Waals surface area contributed by atoms with Crippen molar-refractivity contribution < 1.29 is 19.5 Å². The Balaban J connectivity index is 1.98. The molecule has 2 N–H and O–H groups in total. The van der Waals surface area contributed by atoms with Crippen LogP contribution >= 0.6 is 11.6 Å². The normalized spacial score (nSPS) is 19.2. The number of nitrogens with zero attached hydrogens (tertiary/aromatic N) is 1. The van der Waals surface area contributed by atoms with Crippen molar-refractivity contribution >= 4 is 29.4 Å². The van der Waals surface area contributed by atoms with Gasteiger partial charge in [-0.2, -0.15) is 0 Å². The molecule has 1 unspecified atom stereocenters. The quantitative estimate of drug-likeness (QED) is 0.543. The van der Waals surface area contributed by atoms with E-state index in [1.54, 1.807) is 0 Å². The second kappa shape index (κ2) is 11.0. The lowest BCUT2D eigenvalue weighted by molar-refractivity contribution is -0.140. The molecule has 1 heterocycles. The molecule has 7 heteroatoms. The van der Waals surface area contributed by atoms with E-state index in [0.717, 1.165) is 6.42 Å². The van der Waals surface area contributed by atoms with Crippen LogP contribution in [0.4, 0.5) is 0 Å². The predicted octanol–water partition coefficient (Wildman–Crippen LogP) is 4.47. The van der Waals surface area contributed by atoms with Crippen LogP contribution in [-0.2, 0) is 14.4 Å². The molecule has 1 aliphatic rings. The van der Waals surface area contributed by atoms with Crippen molar-refractivity contribution in [2.24, 2.45) is 11.3 Å². The van der Waals surface area contributed by atoms with Gasteiger partial charge in [0.15, 0.2) is 0 Å². The third kappa shape index (κ3) is 7.23. The van der Waals surface area contributed by atoms with Gasteiger partial charge in [0.2, 0.25) is 11.8 Å². The molecule has 1 aromatic carbocycles. The van der Waals surface area contributed by atoms with Crippen molar-refractivity contribution in [1.29, 1.82) is 0 Å². The van der Waals surface area contributed by atoms with Gasteiger partial charge >= 0.3 is 5.97 Å². The summed E-state index contributed by atoms with van der Waals surface area (Å²) in [5.41, 5.74) is 1.13. The number of hydrogen-bond acceptors (Lipinski definition) is 3. The first-order valence-electron chi connectivity index (χ1n) is 11.1. The van der Waals surface area contributed by atoms with Gasteiger partial charge in [-0.15, -0.1) is 0 Å². The SMILES string of the molecule is CC(C)[C@@H](NC(=O)CCCCC(=O)O)C(=O)N1CCC(c2ccc(Cl)cc2)C(C)(C)C1. The Labute approximate surface area is 190 Å². The van der Waals surface area contributed by atoms with E-state index in [1.165, 1.54) is 5.56 Å². The number of amides is 2. The van der Waals surface area contributed by atoms with Gasteiger partial charge in [-0.1, -0.05) is 51.4 Å². The smallest absolute Gasteiger partial charge is 0.303 e. The molecular formula is C24H35ClN2O4. The molecule has 0 bridgehead atoms. The number of carboxylic acid groups (broad SMARTS) is 1. The van der Waals surface area contributed by atoms with Gasteiger partial charge in [0, 0.05) is 31.0 Å². The number of hydrogen-bond donors (Lipinski definition) is 2. The Bertz CT molecular complexity index is 776. The highest BCUT2D eigenvalue weighted by Gasteiger charge is 2.40. The molecule has 1 saturated heterocycles. The summed E-state index contributed by atoms with van der Waals surface area (Å²) in [6.45, 7) is 9.48. The van der Waals surface area contributed by atoms with Gasteiger partial charge in [-0.3, -0.25) is 14.4 Å².